The number of nitrogens with zero attached hydrogens (tertiary/aromatic N) is 1. The molecule has 2 aliphatic rings. The topological polar surface area (TPSA) is 15.3 Å². The van der Waals surface area contributed by atoms with Crippen LogP contribution in [0, 0.1) is 11.3 Å². The van der Waals surface area contributed by atoms with Crippen LogP contribution in [0.25, 0.3) is 0 Å². The van der Waals surface area contributed by atoms with E-state index in [0.29, 0.717) is 5.41 Å². The Bertz CT molecular complexity index is 211. The molecule has 1 heterocycles. The Labute approximate surface area is 101 Å². The number of hydrogen-bond donors (Lipinski definition) is 1. The van der Waals surface area contributed by atoms with Crippen LogP contribution in [0.1, 0.15) is 44.9 Å². The number of nitrogens with one attached hydrogen (secondary N) is 1. The van der Waals surface area contributed by atoms with Crippen LogP contribution < -0.4 is 5.32 Å². The minimum Gasteiger partial charge on any atom is -0.319 e. The molecule has 1 N–H and O–H groups in total. The van der Waals surface area contributed by atoms with Crippen LogP contribution in [0.3, 0.4) is 0 Å². The van der Waals surface area contributed by atoms with Crippen molar-refractivity contribution in [3.8, 4) is 0 Å². The van der Waals surface area contributed by atoms with Crippen molar-refractivity contribution >= 4 is 0 Å². The summed E-state index contributed by atoms with van der Waals surface area (Å²) >= 11 is 0. The SMILES string of the molecule is CNCC1(C2CCCC2)CCCN(C)CC1. The standard InChI is InChI=1S/C14H28N2/c1-15-12-14(13-6-3-4-7-13)8-5-10-16(2)11-9-14/h13,15H,3-12H2,1-2H3. The van der Waals surface area contributed by atoms with E-state index in [1.807, 2.05) is 0 Å². The fourth-order valence-electron chi connectivity index (χ4n) is 3.97. The van der Waals surface area contributed by atoms with Gasteiger partial charge in [0.1, 0.15) is 0 Å². The molecule has 2 heteroatoms. The van der Waals surface area contributed by atoms with E-state index < -0.39 is 0 Å². The normalized spacial score (nSPS) is 34.1. The zero-order valence-corrected chi connectivity index (χ0v) is 11.1. The first kappa shape index (κ1) is 12.4. The molecule has 2 fully saturated rings. The van der Waals surface area contributed by atoms with Crippen LogP contribution in [0.2, 0.25) is 0 Å². The molecule has 0 aromatic carbocycles. The zero-order valence-electron chi connectivity index (χ0n) is 11.1. The first-order valence-electron chi connectivity index (χ1n) is 7.10. The molecule has 2 nitrogen and oxygen atoms in total. The highest BCUT2D eigenvalue weighted by molar-refractivity contribution is 4.92. The van der Waals surface area contributed by atoms with Crippen LogP contribution in [-0.4, -0.2) is 38.6 Å². The van der Waals surface area contributed by atoms with E-state index in [0.717, 1.165) is 5.92 Å². The average molecular weight is 224 g/mol. The van der Waals surface area contributed by atoms with Crippen LogP contribution in [-0.2, 0) is 0 Å². The summed E-state index contributed by atoms with van der Waals surface area (Å²) < 4.78 is 0. The molecule has 1 atom stereocenters. The summed E-state index contributed by atoms with van der Waals surface area (Å²) in [6.45, 7) is 3.85. The van der Waals surface area contributed by atoms with Gasteiger partial charge in [-0.3, -0.25) is 0 Å². The summed E-state index contributed by atoms with van der Waals surface area (Å²) in [5.74, 6) is 1.01. The number of rotatable bonds is 3. The maximum absolute atomic E-state index is 3.48. The molecule has 0 amide bonds. The van der Waals surface area contributed by atoms with Gasteiger partial charge in [-0.05, 0) is 70.6 Å². The summed E-state index contributed by atoms with van der Waals surface area (Å²) in [6, 6.07) is 0. The maximum atomic E-state index is 3.48. The Hall–Kier alpha value is -0.0800. The second kappa shape index (κ2) is 5.50. The molecule has 0 aromatic rings. The predicted octanol–water partition coefficient (Wildman–Crippen LogP) is 2.50. The lowest BCUT2D eigenvalue weighted by atomic mass is 9.69. The summed E-state index contributed by atoms with van der Waals surface area (Å²) in [7, 11) is 4.41. The Morgan fingerprint density at radius 1 is 1.12 bits per heavy atom. The summed E-state index contributed by atoms with van der Waals surface area (Å²) in [4.78, 5) is 2.52. The van der Waals surface area contributed by atoms with E-state index in [2.05, 4.69) is 24.3 Å². The predicted molar refractivity (Wildman–Crippen MR) is 69.7 cm³/mol. The van der Waals surface area contributed by atoms with Gasteiger partial charge in [0.05, 0.1) is 0 Å². The Morgan fingerprint density at radius 2 is 1.88 bits per heavy atom. The van der Waals surface area contributed by atoms with Gasteiger partial charge < -0.3 is 10.2 Å². The van der Waals surface area contributed by atoms with Crippen LogP contribution in [0.15, 0.2) is 0 Å². The van der Waals surface area contributed by atoms with Crippen molar-refractivity contribution in [1.29, 1.82) is 0 Å². The molecule has 0 aromatic heterocycles. The van der Waals surface area contributed by atoms with Gasteiger partial charge in [-0.15, -0.1) is 0 Å². The van der Waals surface area contributed by atoms with Crippen molar-refractivity contribution in [2.45, 2.75) is 44.9 Å². The molecule has 16 heavy (non-hydrogen) atoms. The highest BCUT2D eigenvalue weighted by Crippen LogP contribution is 2.46. The largest absolute Gasteiger partial charge is 0.319 e. The van der Waals surface area contributed by atoms with E-state index in [1.165, 1.54) is 64.6 Å². The van der Waals surface area contributed by atoms with Crippen molar-refractivity contribution in [3.63, 3.8) is 0 Å². The molecule has 1 saturated heterocycles. The van der Waals surface area contributed by atoms with Gasteiger partial charge in [-0.1, -0.05) is 12.8 Å². The third-order valence-electron chi connectivity index (χ3n) is 4.96. The van der Waals surface area contributed by atoms with E-state index in [9.17, 15) is 0 Å². The number of likely N-dealkylation sites (tertiary alicyclic amines) is 1. The van der Waals surface area contributed by atoms with Crippen LogP contribution >= 0.6 is 0 Å². The second-order valence-electron chi connectivity index (χ2n) is 6.03. The van der Waals surface area contributed by atoms with Crippen molar-refractivity contribution in [1.82, 2.24) is 10.2 Å². The minimum atomic E-state index is 0.621. The summed E-state index contributed by atoms with van der Waals surface area (Å²) in [5, 5.41) is 3.48. The first-order valence-corrected chi connectivity index (χ1v) is 7.10. The van der Waals surface area contributed by atoms with Gasteiger partial charge >= 0.3 is 0 Å². The maximum Gasteiger partial charge on any atom is 0.000795 e. The highest BCUT2D eigenvalue weighted by atomic mass is 15.1. The Morgan fingerprint density at radius 3 is 2.56 bits per heavy atom. The van der Waals surface area contributed by atoms with Crippen LogP contribution in [0.5, 0.6) is 0 Å². The molecule has 1 saturated carbocycles. The highest BCUT2D eigenvalue weighted by Gasteiger charge is 2.39. The van der Waals surface area contributed by atoms with Crippen molar-refractivity contribution < 1.29 is 0 Å². The number of hydrogen-bond acceptors (Lipinski definition) is 2. The van der Waals surface area contributed by atoms with Crippen molar-refractivity contribution in [3.05, 3.63) is 0 Å². The molecule has 0 bridgehead atoms. The molecular formula is C14H28N2. The van der Waals surface area contributed by atoms with E-state index >= 15 is 0 Å². The van der Waals surface area contributed by atoms with E-state index in [4.69, 9.17) is 0 Å². The summed E-state index contributed by atoms with van der Waals surface area (Å²) in [5.41, 5.74) is 0.621. The van der Waals surface area contributed by atoms with Crippen LogP contribution in [0.4, 0.5) is 0 Å². The molecule has 2 rings (SSSR count). The van der Waals surface area contributed by atoms with E-state index in [-0.39, 0.29) is 0 Å². The second-order valence-corrected chi connectivity index (χ2v) is 6.03. The van der Waals surface area contributed by atoms with Crippen molar-refractivity contribution in [2.75, 3.05) is 33.7 Å². The molecule has 1 aliphatic carbocycles. The quantitative estimate of drug-likeness (QED) is 0.792. The molecule has 94 valence electrons. The minimum absolute atomic E-state index is 0.621. The lowest BCUT2D eigenvalue weighted by Gasteiger charge is -2.39. The molecule has 1 unspecified atom stereocenters. The third-order valence-corrected chi connectivity index (χ3v) is 4.96. The average Bonchev–Trinajstić information content (AvgIpc) is 2.74. The van der Waals surface area contributed by atoms with Gasteiger partial charge in [-0.25, -0.2) is 0 Å². The van der Waals surface area contributed by atoms with Gasteiger partial charge in [0.2, 0.25) is 0 Å². The van der Waals surface area contributed by atoms with Crippen molar-refractivity contribution in [2.24, 2.45) is 11.3 Å². The monoisotopic (exact) mass is 224 g/mol. The molecular weight excluding hydrogens is 196 g/mol. The van der Waals surface area contributed by atoms with Gasteiger partial charge in [-0.2, -0.15) is 0 Å². The van der Waals surface area contributed by atoms with Gasteiger partial charge in [0.15, 0.2) is 0 Å². The van der Waals surface area contributed by atoms with E-state index in [1.54, 1.807) is 0 Å². The fourth-order valence-corrected chi connectivity index (χ4v) is 3.97. The lowest BCUT2D eigenvalue weighted by Crippen LogP contribution is -2.39. The molecule has 0 radical (unpaired) electrons. The third kappa shape index (κ3) is 2.60. The zero-order chi connectivity index (χ0) is 11.4. The summed E-state index contributed by atoms with van der Waals surface area (Å²) in [6.07, 6.45) is 10.2. The first-order chi connectivity index (χ1) is 7.77. The van der Waals surface area contributed by atoms with Gasteiger partial charge in [0, 0.05) is 6.54 Å². The smallest absolute Gasteiger partial charge is 0.000795 e. The molecule has 1 aliphatic heterocycles. The fraction of sp³-hybridized carbons (Fsp3) is 1.00. The lowest BCUT2D eigenvalue weighted by molar-refractivity contribution is 0.133. The Balaban J connectivity index is 2.06. The molecule has 0 spiro atoms. The Kier molecular flexibility index (Phi) is 4.26. The van der Waals surface area contributed by atoms with Gasteiger partial charge in [0.25, 0.3) is 0 Å².